The van der Waals surface area contributed by atoms with Crippen LogP contribution in [0.3, 0.4) is 0 Å². The summed E-state index contributed by atoms with van der Waals surface area (Å²) in [4.78, 5) is 6.40. The van der Waals surface area contributed by atoms with Crippen molar-refractivity contribution in [2.75, 3.05) is 19.3 Å². The lowest BCUT2D eigenvalue weighted by Crippen LogP contribution is -2.24. The van der Waals surface area contributed by atoms with Crippen molar-refractivity contribution in [2.45, 2.75) is 25.9 Å². The number of nitrogens with zero attached hydrogens (tertiary/aromatic N) is 3. The molecule has 1 aromatic carbocycles. The predicted molar refractivity (Wildman–Crippen MR) is 78.7 cm³/mol. The van der Waals surface area contributed by atoms with Crippen LogP contribution in [-0.4, -0.2) is 28.0 Å². The van der Waals surface area contributed by atoms with E-state index >= 15 is 0 Å². The summed E-state index contributed by atoms with van der Waals surface area (Å²) in [6, 6.07) is 8.51. The molecular formula is C15H22N4. The second-order valence-corrected chi connectivity index (χ2v) is 4.98. The lowest BCUT2D eigenvalue weighted by Gasteiger charge is -2.25. The Balaban J connectivity index is 1.83. The number of hydrogen-bond donors (Lipinski definition) is 1. The minimum absolute atomic E-state index is 0.381. The van der Waals surface area contributed by atoms with Crippen molar-refractivity contribution in [1.29, 1.82) is 0 Å². The summed E-state index contributed by atoms with van der Waals surface area (Å²) in [7, 11) is 2.15. The highest BCUT2D eigenvalue weighted by Crippen LogP contribution is 2.20. The molecule has 4 heteroatoms. The van der Waals surface area contributed by atoms with Gasteiger partial charge in [-0.15, -0.1) is 0 Å². The number of aromatic nitrogens is 2. The van der Waals surface area contributed by atoms with Gasteiger partial charge in [-0.2, -0.15) is 0 Å². The van der Waals surface area contributed by atoms with E-state index in [2.05, 4.69) is 40.6 Å². The normalized spacial score (nSPS) is 12.8. The third-order valence-electron chi connectivity index (χ3n) is 3.54. The van der Waals surface area contributed by atoms with Gasteiger partial charge in [-0.3, -0.25) is 4.90 Å². The van der Waals surface area contributed by atoms with Gasteiger partial charge >= 0.3 is 0 Å². The monoisotopic (exact) mass is 258 g/mol. The van der Waals surface area contributed by atoms with Crippen LogP contribution in [0.2, 0.25) is 0 Å². The second kappa shape index (κ2) is 6.38. The first-order chi connectivity index (χ1) is 9.16. The molecule has 0 aliphatic heterocycles. The topological polar surface area (TPSA) is 47.1 Å². The van der Waals surface area contributed by atoms with Crippen LogP contribution in [0.25, 0.3) is 0 Å². The number of benzene rings is 1. The number of anilines is 1. The summed E-state index contributed by atoms with van der Waals surface area (Å²) in [5.74, 6) is 0. The van der Waals surface area contributed by atoms with Crippen molar-refractivity contribution in [1.82, 2.24) is 14.5 Å². The molecule has 2 N–H and O–H groups in total. The molecule has 1 aromatic heterocycles. The van der Waals surface area contributed by atoms with E-state index < -0.39 is 0 Å². The summed E-state index contributed by atoms with van der Waals surface area (Å²) < 4.78 is 2.11. The Morgan fingerprint density at radius 1 is 1.42 bits per heavy atom. The van der Waals surface area contributed by atoms with Gasteiger partial charge in [-0.05, 0) is 38.1 Å². The van der Waals surface area contributed by atoms with Gasteiger partial charge in [0, 0.05) is 37.2 Å². The smallest absolute Gasteiger partial charge is 0.0945 e. The van der Waals surface area contributed by atoms with Gasteiger partial charge in [0.1, 0.15) is 0 Å². The fourth-order valence-corrected chi connectivity index (χ4v) is 2.19. The van der Waals surface area contributed by atoms with Gasteiger partial charge < -0.3 is 10.3 Å². The molecule has 0 fully saturated rings. The van der Waals surface area contributed by atoms with Gasteiger partial charge in [0.2, 0.25) is 0 Å². The number of rotatable bonds is 6. The van der Waals surface area contributed by atoms with Crippen molar-refractivity contribution in [2.24, 2.45) is 0 Å². The highest BCUT2D eigenvalue weighted by molar-refractivity contribution is 5.41. The van der Waals surface area contributed by atoms with Crippen LogP contribution in [0.15, 0.2) is 43.0 Å². The maximum atomic E-state index is 5.83. The number of nitrogen functional groups attached to an aromatic ring is 1. The molecule has 0 radical (unpaired) electrons. The number of aryl methyl sites for hydroxylation is 1. The van der Waals surface area contributed by atoms with Crippen LogP contribution >= 0.6 is 0 Å². The molecule has 2 aromatic rings. The fraction of sp³-hybridized carbons (Fsp3) is 0.400. The number of imidazole rings is 1. The molecule has 0 saturated heterocycles. The van der Waals surface area contributed by atoms with E-state index in [1.807, 2.05) is 30.9 Å². The van der Waals surface area contributed by atoms with Crippen LogP contribution < -0.4 is 5.73 Å². The molecule has 0 bridgehead atoms. The largest absolute Gasteiger partial charge is 0.399 e. The van der Waals surface area contributed by atoms with E-state index in [1.54, 1.807) is 0 Å². The van der Waals surface area contributed by atoms with E-state index in [9.17, 15) is 0 Å². The van der Waals surface area contributed by atoms with Crippen LogP contribution in [0.4, 0.5) is 5.69 Å². The van der Waals surface area contributed by atoms with Crippen LogP contribution in [0.5, 0.6) is 0 Å². The Labute approximate surface area is 114 Å². The molecule has 0 amide bonds. The van der Waals surface area contributed by atoms with Crippen LogP contribution in [-0.2, 0) is 6.54 Å². The average molecular weight is 258 g/mol. The molecule has 2 rings (SSSR count). The molecule has 4 nitrogen and oxygen atoms in total. The lowest BCUT2D eigenvalue weighted by atomic mass is 10.1. The molecule has 1 heterocycles. The molecule has 0 saturated carbocycles. The van der Waals surface area contributed by atoms with E-state index in [4.69, 9.17) is 5.73 Å². The van der Waals surface area contributed by atoms with Crippen LogP contribution in [0.1, 0.15) is 24.9 Å². The average Bonchev–Trinajstić information content (AvgIpc) is 2.91. The Kier molecular flexibility index (Phi) is 4.58. The zero-order chi connectivity index (χ0) is 13.7. The summed E-state index contributed by atoms with van der Waals surface area (Å²) in [6.45, 7) is 4.27. The maximum absolute atomic E-state index is 5.83. The molecule has 1 atom stereocenters. The SMILES string of the molecule is CC(c1cccc(N)c1)N(C)CCCn1ccnc1. The first-order valence-corrected chi connectivity index (χ1v) is 6.68. The van der Waals surface area contributed by atoms with E-state index in [0.29, 0.717) is 6.04 Å². The minimum Gasteiger partial charge on any atom is -0.399 e. The highest BCUT2D eigenvalue weighted by Gasteiger charge is 2.11. The van der Waals surface area contributed by atoms with E-state index in [1.165, 1.54) is 5.56 Å². The van der Waals surface area contributed by atoms with Gasteiger partial charge in [0.25, 0.3) is 0 Å². The Hall–Kier alpha value is -1.81. The van der Waals surface area contributed by atoms with Crippen LogP contribution in [0, 0.1) is 0 Å². The molecule has 0 aliphatic rings. The Morgan fingerprint density at radius 3 is 2.95 bits per heavy atom. The Morgan fingerprint density at radius 2 is 2.26 bits per heavy atom. The van der Waals surface area contributed by atoms with Gasteiger partial charge in [-0.25, -0.2) is 4.98 Å². The third-order valence-corrected chi connectivity index (χ3v) is 3.54. The third kappa shape index (κ3) is 3.83. The molecule has 0 spiro atoms. The maximum Gasteiger partial charge on any atom is 0.0945 e. The summed E-state index contributed by atoms with van der Waals surface area (Å²) in [5.41, 5.74) is 7.93. The summed E-state index contributed by atoms with van der Waals surface area (Å²) in [5, 5.41) is 0. The molecule has 0 aliphatic carbocycles. The predicted octanol–water partition coefficient (Wildman–Crippen LogP) is 2.55. The van der Waals surface area contributed by atoms with Gasteiger partial charge in [-0.1, -0.05) is 12.1 Å². The summed E-state index contributed by atoms with van der Waals surface area (Å²) in [6.07, 6.45) is 6.79. The van der Waals surface area contributed by atoms with Gasteiger partial charge in [0.15, 0.2) is 0 Å². The molecule has 19 heavy (non-hydrogen) atoms. The zero-order valence-corrected chi connectivity index (χ0v) is 11.7. The molecule has 1 unspecified atom stereocenters. The summed E-state index contributed by atoms with van der Waals surface area (Å²) >= 11 is 0. The molecule has 102 valence electrons. The zero-order valence-electron chi connectivity index (χ0n) is 11.7. The number of hydrogen-bond acceptors (Lipinski definition) is 3. The fourth-order valence-electron chi connectivity index (χ4n) is 2.19. The van der Waals surface area contributed by atoms with Crippen molar-refractivity contribution in [3.05, 3.63) is 48.5 Å². The lowest BCUT2D eigenvalue weighted by molar-refractivity contribution is 0.253. The second-order valence-electron chi connectivity index (χ2n) is 4.98. The first-order valence-electron chi connectivity index (χ1n) is 6.68. The number of nitrogens with two attached hydrogens (primary N) is 1. The molecular weight excluding hydrogens is 236 g/mol. The van der Waals surface area contributed by atoms with Crippen molar-refractivity contribution in [3.8, 4) is 0 Å². The van der Waals surface area contributed by atoms with E-state index in [0.717, 1.165) is 25.2 Å². The van der Waals surface area contributed by atoms with E-state index in [-0.39, 0.29) is 0 Å². The van der Waals surface area contributed by atoms with Gasteiger partial charge in [0.05, 0.1) is 6.33 Å². The first kappa shape index (κ1) is 13.6. The highest BCUT2D eigenvalue weighted by atomic mass is 15.1. The van der Waals surface area contributed by atoms with Crippen molar-refractivity contribution < 1.29 is 0 Å². The Bertz CT molecular complexity index is 493. The standard InChI is InChI=1S/C15H22N4/c1-13(14-5-3-6-15(16)11-14)18(2)8-4-9-19-10-7-17-12-19/h3,5-7,10-13H,4,8-9,16H2,1-2H3. The quantitative estimate of drug-likeness (QED) is 0.810. The minimum atomic E-state index is 0.381. The van der Waals surface area contributed by atoms with Crippen molar-refractivity contribution in [3.63, 3.8) is 0 Å². The van der Waals surface area contributed by atoms with Crippen molar-refractivity contribution >= 4 is 5.69 Å².